The van der Waals surface area contributed by atoms with E-state index in [1.165, 1.54) is 5.56 Å². The van der Waals surface area contributed by atoms with Crippen molar-refractivity contribution in [3.8, 4) is 5.88 Å². The average Bonchev–Trinajstić information content (AvgIpc) is 2.30. The van der Waals surface area contributed by atoms with E-state index in [-0.39, 0.29) is 6.10 Å². The van der Waals surface area contributed by atoms with Crippen molar-refractivity contribution >= 4 is 0 Å². The minimum Gasteiger partial charge on any atom is -0.475 e. The first-order chi connectivity index (χ1) is 8.17. The zero-order valence-corrected chi connectivity index (χ0v) is 11.4. The molecule has 1 N–H and O–H groups in total. The molecule has 1 aromatic rings. The Hall–Kier alpha value is -1.09. The number of nitrogens with zero attached hydrogens (tertiary/aromatic N) is 1. The van der Waals surface area contributed by atoms with E-state index in [2.05, 4.69) is 44.1 Å². The highest BCUT2D eigenvalue weighted by Gasteiger charge is 2.06. The summed E-state index contributed by atoms with van der Waals surface area (Å²) in [5.41, 5.74) is 1.20. The summed E-state index contributed by atoms with van der Waals surface area (Å²) in [7, 11) is 0. The van der Waals surface area contributed by atoms with Crippen LogP contribution in [0.1, 0.15) is 52.1 Å². The number of rotatable bonds is 7. The van der Waals surface area contributed by atoms with Crippen LogP contribution in [0.5, 0.6) is 5.88 Å². The fourth-order valence-electron chi connectivity index (χ4n) is 1.81. The maximum Gasteiger partial charge on any atom is 0.213 e. The first kappa shape index (κ1) is 14.0. The van der Waals surface area contributed by atoms with Crippen molar-refractivity contribution < 1.29 is 4.74 Å². The molecule has 0 aromatic carbocycles. The van der Waals surface area contributed by atoms with Gasteiger partial charge < -0.3 is 10.1 Å². The average molecular weight is 236 g/mol. The predicted octanol–water partition coefficient (Wildman–Crippen LogP) is 3.32. The third-order valence-electron chi connectivity index (χ3n) is 2.79. The van der Waals surface area contributed by atoms with Gasteiger partial charge >= 0.3 is 0 Å². The van der Waals surface area contributed by atoms with Gasteiger partial charge in [0.1, 0.15) is 0 Å². The monoisotopic (exact) mass is 236 g/mol. The van der Waals surface area contributed by atoms with Crippen LogP contribution < -0.4 is 10.1 Å². The molecule has 0 spiro atoms. The fraction of sp³-hybridized carbons (Fsp3) is 0.643. The van der Waals surface area contributed by atoms with Gasteiger partial charge in [-0.1, -0.05) is 26.3 Å². The normalized spacial score (nSPS) is 14.4. The van der Waals surface area contributed by atoms with Crippen LogP contribution in [0.4, 0.5) is 0 Å². The number of aromatic nitrogens is 1. The summed E-state index contributed by atoms with van der Waals surface area (Å²) in [6.45, 7) is 9.45. The lowest BCUT2D eigenvalue weighted by Gasteiger charge is -2.15. The highest BCUT2D eigenvalue weighted by molar-refractivity contribution is 5.20. The van der Waals surface area contributed by atoms with Crippen LogP contribution in [0, 0.1) is 0 Å². The van der Waals surface area contributed by atoms with E-state index in [9.17, 15) is 0 Å². The van der Waals surface area contributed by atoms with Crippen LogP contribution in [-0.4, -0.2) is 17.6 Å². The second-order valence-electron chi connectivity index (χ2n) is 4.43. The number of hydrogen-bond donors (Lipinski definition) is 1. The summed E-state index contributed by atoms with van der Waals surface area (Å²) in [4.78, 5) is 4.34. The van der Waals surface area contributed by atoms with Crippen molar-refractivity contribution in [2.24, 2.45) is 0 Å². The van der Waals surface area contributed by atoms with Crippen molar-refractivity contribution in [1.29, 1.82) is 0 Å². The molecular weight excluding hydrogens is 212 g/mol. The molecule has 17 heavy (non-hydrogen) atoms. The van der Waals surface area contributed by atoms with Crippen LogP contribution in [0.3, 0.4) is 0 Å². The lowest BCUT2D eigenvalue weighted by atomic mass is 10.1. The molecule has 0 bridgehead atoms. The standard InChI is InChI=1S/C14H24N2O/c1-5-7-11(3)17-14-9-8-13(10-16-14)12(4)15-6-2/h8-12,15H,5-7H2,1-4H3. The van der Waals surface area contributed by atoms with E-state index in [4.69, 9.17) is 4.74 Å². The summed E-state index contributed by atoms with van der Waals surface area (Å²) in [6.07, 6.45) is 4.33. The smallest absolute Gasteiger partial charge is 0.213 e. The minimum absolute atomic E-state index is 0.240. The molecule has 0 aliphatic carbocycles. The third kappa shape index (κ3) is 4.73. The Morgan fingerprint density at radius 1 is 1.29 bits per heavy atom. The van der Waals surface area contributed by atoms with Crippen LogP contribution in [0.2, 0.25) is 0 Å². The zero-order chi connectivity index (χ0) is 12.7. The number of pyridine rings is 1. The number of hydrogen-bond acceptors (Lipinski definition) is 3. The maximum absolute atomic E-state index is 5.72. The van der Waals surface area contributed by atoms with Crippen molar-refractivity contribution in [3.05, 3.63) is 23.9 Å². The van der Waals surface area contributed by atoms with Gasteiger partial charge in [0.25, 0.3) is 0 Å². The van der Waals surface area contributed by atoms with Crippen LogP contribution >= 0.6 is 0 Å². The highest BCUT2D eigenvalue weighted by Crippen LogP contribution is 2.16. The first-order valence-electron chi connectivity index (χ1n) is 6.53. The van der Waals surface area contributed by atoms with Crippen LogP contribution in [-0.2, 0) is 0 Å². The molecular formula is C14H24N2O. The molecule has 1 heterocycles. The summed E-state index contributed by atoms with van der Waals surface area (Å²) >= 11 is 0. The van der Waals surface area contributed by atoms with Crippen molar-refractivity contribution in [3.63, 3.8) is 0 Å². The topological polar surface area (TPSA) is 34.1 Å². The molecule has 3 heteroatoms. The molecule has 0 saturated heterocycles. The van der Waals surface area contributed by atoms with Gasteiger partial charge in [-0.05, 0) is 32.4 Å². The van der Waals surface area contributed by atoms with Crippen molar-refractivity contribution in [2.45, 2.75) is 52.7 Å². The van der Waals surface area contributed by atoms with Gasteiger partial charge in [0, 0.05) is 18.3 Å². The Bertz CT molecular complexity index is 311. The highest BCUT2D eigenvalue weighted by atomic mass is 16.5. The molecule has 1 aromatic heterocycles. The Labute approximate surface area is 105 Å². The molecule has 2 atom stereocenters. The predicted molar refractivity (Wildman–Crippen MR) is 71.3 cm³/mol. The summed E-state index contributed by atoms with van der Waals surface area (Å²) in [5.74, 6) is 0.721. The molecule has 2 unspecified atom stereocenters. The van der Waals surface area contributed by atoms with E-state index in [1.807, 2.05) is 12.3 Å². The number of nitrogens with one attached hydrogen (secondary N) is 1. The molecule has 0 aliphatic heterocycles. The van der Waals surface area contributed by atoms with E-state index in [0.717, 1.165) is 25.3 Å². The van der Waals surface area contributed by atoms with Crippen LogP contribution in [0.25, 0.3) is 0 Å². The Kier molecular flexibility index (Phi) is 5.98. The SMILES string of the molecule is CCCC(C)Oc1ccc(C(C)NCC)cn1. The largest absolute Gasteiger partial charge is 0.475 e. The lowest BCUT2D eigenvalue weighted by Crippen LogP contribution is -2.18. The maximum atomic E-state index is 5.72. The summed E-state index contributed by atoms with van der Waals surface area (Å²) < 4.78 is 5.72. The van der Waals surface area contributed by atoms with E-state index in [0.29, 0.717) is 6.04 Å². The van der Waals surface area contributed by atoms with E-state index >= 15 is 0 Å². The Morgan fingerprint density at radius 3 is 2.59 bits per heavy atom. The second kappa shape index (κ2) is 7.28. The Balaban J connectivity index is 2.55. The molecule has 0 aliphatic rings. The summed E-state index contributed by atoms with van der Waals surface area (Å²) in [5, 5.41) is 3.36. The molecule has 1 rings (SSSR count). The third-order valence-corrected chi connectivity index (χ3v) is 2.79. The van der Waals surface area contributed by atoms with E-state index in [1.54, 1.807) is 0 Å². The minimum atomic E-state index is 0.240. The second-order valence-corrected chi connectivity index (χ2v) is 4.43. The summed E-state index contributed by atoms with van der Waals surface area (Å²) in [6, 6.07) is 4.37. The molecule has 0 fully saturated rings. The first-order valence-corrected chi connectivity index (χ1v) is 6.53. The molecule has 96 valence electrons. The molecule has 0 saturated carbocycles. The van der Waals surface area contributed by atoms with Gasteiger partial charge in [0.2, 0.25) is 5.88 Å². The number of ether oxygens (including phenoxy) is 1. The molecule has 0 amide bonds. The lowest BCUT2D eigenvalue weighted by molar-refractivity contribution is 0.201. The molecule has 0 radical (unpaired) electrons. The molecule has 3 nitrogen and oxygen atoms in total. The zero-order valence-electron chi connectivity index (χ0n) is 11.4. The van der Waals surface area contributed by atoms with Gasteiger partial charge in [-0.2, -0.15) is 0 Å². The van der Waals surface area contributed by atoms with E-state index < -0.39 is 0 Å². The quantitative estimate of drug-likeness (QED) is 0.788. The van der Waals surface area contributed by atoms with Gasteiger partial charge in [0.15, 0.2) is 0 Å². The van der Waals surface area contributed by atoms with Crippen molar-refractivity contribution in [2.75, 3.05) is 6.54 Å². The van der Waals surface area contributed by atoms with Gasteiger partial charge in [-0.25, -0.2) is 4.98 Å². The van der Waals surface area contributed by atoms with Gasteiger partial charge in [-0.15, -0.1) is 0 Å². The fourth-order valence-corrected chi connectivity index (χ4v) is 1.81. The van der Waals surface area contributed by atoms with Gasteiger partial charge in [-0.3, -0.25) is 0 Å². The van der Waals surface area contributed by atoms with Crippen LogP contribution in [0.15, 0.2) is 18.3 Å². The van der Waals surface area contributed by atoms with Gasteiger partial charge in [0.05, 0.1) is 6.10 Å². The van der Waals surface area contributed by atoms with Crippen molar-refractivity contribution in [1.82, 2.24) is 10.3 Å². The Morgan fingerprint density at radius 2 is 2.06 bits per heavy atom.